The largest absolute Gasteiger partial charge is 0.468 e. The van der Waals surface area contributed by atoms with Gasteiger partial charge in [-0.05, 0) is 36.7 Å². The lowest BCUT2D eigenvalue weighted by Crippen LogP contribution is -2.55. The van der Waals surface area contributed by atoms with E-state index in [4.69, 9.17) is 9.47 Å². The summed E-state index contributed by atoms with van der Waals surface area (Å²) < 4.78 is 10.3. The molecule has 0 saturated carbocycles. The van der Waals surface area contributed by atoms with Gasteiger partial charge in [0.1, 0.15) is 5.41 Å². The van der Waals surface area contributed by atoms with E-state index in [0.29, 0.717) is 32.5 Å². The molecular weight excluding hydrogens is 420 g/mol. The molecule has 180 valence electrons. The van der Waals surface area contributed by atoms with Crippen LogP contribution in [0.1, 0.15) is 51.5 Å². The molecule has 1 aromatic rings. The number of amides is 2. The highest BCUT2D eigenvalue weighted by atomic mass is 16.5. The zero-order valence-corrected chi connectivity index (χ0v) is 20.2. The summed E-state index contributed by atoms with van der Waals surface area (Å²) in [6.07, 6.45) is 4.40. The Hall–Kier alpha value is -2.67. The number of hydrogen-bond donors (Lipinski definition) is 1. The molecule has 1 heterocycles. The number of piperidine rings is 1. The molecule has 0 spiro atoms. The topological polar surface area (TPSA) is 84.9 Å². The van der Waals surface area contributed by atoms with Crippen molar-refractivity contribution in [2.75, 3.05) is 27.4 Å². The summed E-state index contributed by atoms with van der Waals surface area (Å²) in [5.41, 5.74) is 0.628. The molecule has 1 aliphatic heterocycles. The van der Waals surface area contributed by atoms with Gasteiger partial charge in [-0.2, -0.15) is 0 Å². The summed E-state index contributed by atoms with van der Waals surface area (Å²) in [5, 5.41) is 2.87. The number of likely N-dealkylation sites (tertiary alicyclic amines) is 1. The molecule has 1 aliphatic carbocycles. The lowest BCUT2D eigenvalue weighted by atomic mass is 9.59. The van der Waals surface area contributed by atoms with Crippen molar-refractivity contribution in [1.82, 2.24) is 10.2 Å². The first-order chi connectivity index (χ1) is 15.7. The van der Waals surface area contributed by atoms with Gasteiger partial charge in [-0.3, -0.25) is 14.4 Å². The van der Waals surface area contributed by atoms with Gasteiger partial charge in [0, 0.05) is 38.3 Å². The summed E-state index contributed by atoms with van der Waals surface area (Å²) >= 11 is 0. The fourth-order valence-electron chi connectivity index (χ4n) is 5.22. The first-order valence-electron chi connectivity index (χ1n) is 11.6. The number of nitrogens with one attached hydrogen (secondary N) is 1. The Labute approximate surface area is 196 Å². The quantitative estimate of drug-likeness (QED) is 0.455. The summed E-state index contributed by atoms with van der Waals surface area (Å²) in [4.78, 5) is 41.3. The van der Waals surface area contributed by atoms with Crippen LogP contribution in [0, 0.1) is 16.7 Å². The van der Waals surface area contributed by atoms with E-state index in [1.54, 1.807) is 12.0 Å². The Balaban J connectivity index is 1.93. The maximum absolute atomic E-state index is 13.6. The lowest BCUT2D eigenvalue weighted by molar-refractivity contribution is -0.162. The minimum absolute atomic E-state index is 0.0452. The van der Waals surface area contributed by atoms with Gasteiger partial charge in [0.2, 0.25) is 11.8 Å². The van der Waals surface area contributed by atoms with Crippen LogP contribution in [0.15, 0.2) is 42.1 Å². The van der Waals surface area contributed by atoms with Crippen LogP contribution < -0.4 is 5.32 Å². The van der Waals surface area contributed by atoms with Crippen molar-refractivity contribution in [2.45, 2.75) is 52.5 Å². The number of rotatable bonds is 9. The van der Waals surface area contributed by atoms with E-state index in [0.717, 1.165) is 17.7 Å². The van der Waals surface area contributed by atoms with Crippen LogP contribution in [0.5, 0.6) is 0 Å². The molecule has 2 atom stereocenters. The van der Waals surface area contributed by atoms with Gasteiger partial charge in [-0.15, -0.1) is 0 Å². The maximum Gasteiger partial charge on any atom is 0.317 e. The van der Waals surface area contributed by atoms with Gasteiger partial charge < -0.3 is 19.7 Å². The SMILES string of the molecule is COCCCNC(=O)C[C@@H]1C[C@@]2(C(=O)OC)CC(C)(C)CC=C2N(Cc2ccccc2)C1=O. The molecule has 1 fully saturated rings. The molecule has 0 radical (unpaired) electrons. The number of ether oxygens (including phenoxy) is 2. The monoisotopic (exact) mass is 456 g/mol. The maximum atomic E-state index is 13.6. The third-order valence-electron chi connectivity index (χ3n) is 6.66. The molecule has 7 nitrogen and oxygen atoms in total. The molecule has 1 saturated heterocycles. The number of carbonyl (C=O) groups is 3. The van der Waals surface area contributed by atoms with E-state index in [-0.39, 0.29) is 36.0 Å². The van der Waals surface area contributed by atoms with Crippen LogP contribution >= 0.6 is 0 Å². The molecular formula is C26H36N2O5. The highest BCUT2D eigenvalue weighted by molar-refractivity contribution is 5.92. The Morgan fingerprint density at radius 3 is 2.58 bits per heavy atom. The van der Waals surface area contributed by atoms with Gasteiger partial charge in [0.15, 0.2) is 0 Å². The van der Waals surface area contributed by atoms with E-state index in [9.17, 15) is 14.4 Å². The van der Waals surface area contributed by atoms with Crippen LogP contribution in [0.25, 0.3) is 0 Å². The van der Waals surface area contributed by atoms with E-state index in [1.807, 2.05) is 36.4 Å². The zero-order valence-electron chi connectivity index (χ0n) is 20.2. The van der Waals surface area contributed by atoms with Crippen molar-refractivity contribution in [3.63, 3.8) is 0 Å². The molecule has 7 heteroatoms. The van der Waals surface area contributed by atoms with Crippen LogP contribution in [0.3, 0.4) is 0 Å². The van der Waals surface area contributed by atoms with Crippen molar-refractivity contribution in [3.05, 3.63) is 47.7 Å². The van der Waals surface area contributed by atoms with Gasteiger partial charge >= 0.3 is 5.97 Å². The summed E-state index contributed by atoms with van der Waals surface area (Å²) in [6.45, 7) is 5.65. The predicted octanol–water partition coefficient (Wildman–Crippen LogP) is 3.44. The second kappa shape index (κ2) is 10.5. The van der Waals surface area contributed by atoms with Crippen LogP contribution in [-0.2, 0) is 30.4 Å². The average molecular weight is 457 g/mol. The second-order valence-corrected chi connectivity index (χ2v) is 9.92. The molecule has 0 bridgehead atoms. The zero-order chi connectivity index (χ0) is 24.1. The Morgan fingerprint density at radius 1 is 1.18 bits per heavy atom. The normalized spacial score (nSPS) is 24.0. The third-order valence-corrected chi connectivity index (χ3v) is 6.66. The minimum atomic E-state index is -0.944. The van der Waals surface area contributed by atoms with E-state index < -0.39 is 11.3 Å². The first-order valence-corrected chi connectivity index (χ1v) is 11.6. The number of benzene rings is 1. The van der Waals surface area contributed by atoms with Crippen molar-refractivity contribution in [1.29, 1.82) is 0 Å². The number of esters is 1. The van der Waals surface area contributed by atoms with Gasteiger partial charge in [-0.1, -0.05) is 50.3 Å². The molecule has 0 aromatic heterocycles. The highest BCUT2D eigenvalue weighted by Crippen LogP contribution is 2.55. The van der Waals surface area contributed by atoms with E-state index in [2.05, 4.69) is 19.2 Å². The Kier molecular flexibility index (Phi) is 7.95. The number of allylic oxidation sites excluding steroid dienone is 1. The summed E-state index contributed by atoms with van der Waals surface area (Å²) in [6, 6.07) is 9.72. The number of nitrogens with zero attached hydrogens (tertiary/aromatic N) is 1. The molecule has 1 aromatic carbocycles. The molecule has 0 unspecified atom stereocenters. The number of hydrogen-bond acceptors (Lipinski definition) is 5. The molecule has 33 heavy (non-hydrogen) atoms. The molecule has 2 aliphatic rings. The number of fused-ring (bicyclic) bond motifs is 1. The summed E-state index contributed by atoms with van der Waals surface area (Å²) in [7, 11) is 3.01. The van der Waals surface area contributed by atoms with Crippen LogP contribution in [0.2, 0.25) is 0 Å². The molecule has 1 N–H and O–H groups in total. The van der Waals surface area contributed by atoms with Gasteiger partial charge in [0.05, 0.1) is 13.7 Å². The Morgan fingerprint density at radius 2 is 1.91 bits per heavy atom. The lowest BCUT2D eigenvalue weighted by Gasteiger charge is -2.51. The standard InChI is InChI=1S/C26H36N2O5/c1-25(2)12-11-21-26(18-25,24(31)33-4)16-20(15-22(29)27-13-8-14-32-3)23(30)28(21)17-19-9-6-5-7-10-19/h5-7,9-11,20H,8,12-18H2,1-4H3,(H,27,29)/t20-,26-/m1/s1. The third kappa shape index (κ3) is 5.64. The van der Waals surface area contributed by atoms with Crippen LogP contribution in [0.4, 0.5) is 0 Å². The fraction of sp³-hybridized carbons (Fsp3) is 0.577. The predicted molar refractivity (Wildman–Crippen MR) is 125 cm³/mol. The first kappa shape index (κ1) is 25.0. The van der Waals surface area contributed by atoms with Crippen molar-refractivity contribution < 1.29 is 23.9 Å². The minimum Gasteiger partial charge on any atom is -0.468 e. The van der Waals surface area contributed by atoms with Gasteiger partial charge in [-0.25, -0.2) is 0 Å². The second-order valence-electron chi connectivity index (χ2n) is 9.92. The number of carbonyl (C=O) groups excluding carboxylic acids is 3. The van der Waals surface area contributed by atoms with Crippen molar-refractivity contribution in [3.8, 4) is 0 Å². The Bertz CT molecular complexity index is 895. The fourth-order valence-corrected chi connectivity index (χ4v) is 5.22. The molecule has 2 amide bonds. The van der Waals surface area contributed by atoms with Crippen molar-refractivity contribution >= 4 is 17.8 Å². The van der Waals surface area contributed by atoms with E-state index >= 15 is 0 Å². The van der Waals surface area contributed by atoms with Crippen LogP contribution in [-0.4, -0.2) is 50.1 Å². The smallest absolute Gasteiger partial charge is 0.317 e. The van der Waals surface area contributed by atoms with Crippen molar-refractivity contribution in [2.24, 2.45) is 16.7 Å². The average Bonchev–Trinajstić information content (AvgIpc) is 2.79. The van der Waals surface area contributed by atoms with Gasteiger partial charge in [0.25, 0.3) is 0 Å². The van der Waals surface area contributed by atoms with E-state index in [1.165, 1.54) is 7.11 Å². The highest BCUT2D eigenvalue weighted by Gasteiger charge is 2.57. The molecule has 3 rings (SSSR count). The number of methoxy groups -OCH3 is 2. The summed E-state index contributed by atoms with van der Waals surface area (Å²) in [5.74, 6) is -1.23.